The van der Waals surface area contributed by atoms with Crippen molar-refractivity contribution in [3.63, 3.8) is 0 Å². The summed E-state index contributed by atoms with van der Waals surface area (Å²) in [6.45, 7) is 4.58. The fourth-order valence-corrected chi connectivity index (χ4v) is 6.02. The molecule has 1 N–H and O–H groups in total. The molecule has 5 nitrogen and oxygen atoms in total. The van der Waals surface area contributed by atoms with Crippen LogP contribution in [0.15, 0.2) is 41.8 Å². The maximum atomic E-state index is 13.9. The van der Waals surface area contributed by atoms with Crippen LogP contribution >= 0.6 is 11.3 Å². The molecule has 1 fully saturated rings. The van der Waals surface area contributed by atoms with Gasteiger partial charge in [-0.25, -0.2) is 4.39 Å². The van der Waals surface area contributed by atoms with Gasteiger partial charge in [0.1, 0.15) is 17.1 Å². The number of hydrogen-bond donors (Lipinski definition) is 1. The number of nitrogens with zero attached hydrogens (tertiary/aromatic N) is 2. The Balaban J connectivity index is 1.53. The first-order valence-electron chi connectivity index (χ1n) is 11.3. The molecule has 2 aromatic heterocycles. The molecule has 3 heterocycles. The maximum Gasteiger partial charge on any atom is 0.271 e. The summed E-state index contributed by atoms with van der Waals surface area (Å²) in [5.41, 5.74) is 1.15. The molecule has 2 aliphatic rings. The van der Waals surface area contributed by atoms with Crippen LogP contribution in [0.1, 0.15) is 55.6 Å². The van der Waals surface area contributed by atoms with Gasteiger partial charge in [0.2, 0.25) is 5.91 Å². The monoisotopic (exact) mass is 453 g/mol. The van der Waals surface area contributed by atoms with Crippen molar-refractivity contribution in [3.8, 4) is 0 Å². The summed E-state index contributed by atoms with van der Waals surface area (Å²) in [5, 5.41) is 5.28. The third kappa shape index (κ3) is 3.52. The first kappa shape index (κ1) is 21.2. The molecule has 0 bridgehead atoms. The van der Waals surface area contributed by atoms with Crippen molar-refractivity contribution in [1.29, 1.82) is 0 Å². The Morgan fingerprint density at radius 1 is 1.25 bits per heavy atom. The number of aromatic nitrogens is 1. The number of carbonyl (C=O) groups is 2. The molecular formula is C25H28FN3O2S. The van der Waals surface area contributed by atoms with Gasteiger partial charge in [-0.15, -0.1) is 11.3 Å². The number of hydrogen-bond acceptors (Lipinski definition) is 3. The second kappa shape index (κ2) is 8.03. The minimum atomic E-state index is -1.08. The van der Waals surface area contributed by atoms with Crippen LogP contribution in [-0.2, 0) is 17.9 Å². The molecule has 32 heavy (non-hydrogen) atoms. The zero-order valence-electron chi connectivity index (χ0n) is 18.4. The Morgan fingerprint density at radius 2 is 2.06 bits per heavy atom. The van der Waals surface area contributed by atoms with Gasteiger partial charge >= 0.3 is 0 Å². The van der Waals surface area contributed by atoms with Gasteiger partial charge < -0.3 is 14.8 Å². The van der Waals surface area contributed by atoms with Crippen LogP contribution in [0.25, 0.3) is 10.2 Å². The Hall–Kier alpha value is -2.67. The molecule has 5 rings (SSSR count). The topological polar surface area (TPSA) is 54.3 Å². The highest BCUT2D eigenvalue weighted by Crippen LogP contribution is 2.36. The van der Waals surface area contributed by atoms with E-state index in [-0.39, 0.29) is 30.2 Å². The lowest BCUT2D eigenvalue weighted by atomic mass is 9.85. The molecule has 1 aliphatic heterocycles. The summed E-state index contributed by atoms with van der Waals surface area (Å²) in [6.07, 6.45) is 4.36. The Labute approximate surface area is 191 Å². The molecule has 1 aliphatic carbocycles. The predicted molar refractivity (Wildman–Crippen MR) is 124 cm³/mol. The normalized spacial score (nSPS) is 25.7. The van der Waals surface area contributed by atoms with Crippen molar-refractivity contribution in [2.24, 2.45) is 5.92 Å². The SMILES string of the molecule is C[C@@H]1CCCC[C@H]1NC(=O)[C@]1(C)Cn2c(cc3sccc32)C(=O)N1Cc1cccc(F)c1. The third-order valence-corrected chi connectivity index (χ3v) is 8.05. The molecular weight excluding hydrogens is 425 g/mol. The molecule has 1 aromatic carbocycles. The molecule has 3 atom stereocenters. The van der Waals surface area contributed by atoms with Gasteiger partial charge in [0.05, 0.1) is 16.8 Å². The number of halogens is 1. The van der Waals surface area contributed by atoms with E-state index in [4.69, 9.17) is 0 Å². The average Bonchev–Trinajstić information content (AvgIpc) is 3.35. The molecule has 0 saturated heterocycles. The number of thiophene rings is 1. The molecule has 2 amide bonds. The molecule has 0 unspecified atom stereocenters. The fourth-order valence-electron chi connectivity index (χ4n) is 5.19. The second-order valence-electron chi connectivity index (χ2n) is 9.42. The van der Waals surface area contributed by atoms with Gasteiger partial charge in [0.15, 0.2) is 0 Å². The largest absolute Gasteiger partial charge is 0.351 e. The lowest BCUT2D eigenvalue weighted by molar-refractivity contribution is -0.134. The summed E-state index contributed by atoms with van der Waals surface area (Å²) >= 11 is 1.59. The third-order valence-electron chi connectivity index (χ3n) is 7.20. The van der Waals surface area contributed by atoms with E-state index in [1.807, 2.05) is 29.0 Å². The van der Waals surface area contributed by atoms with Crippen molar-refractivity contribution in [2.45, 2.75) is 64.2 Å². The zero-order valence-corrected chi connectivity index (χ0v) is 19.3. The summed E-state index contributed by atoms with van der Waals surface area (Å²) in [5.74, 6) is -0.266. The Morgan fingerprint density at radius 3 is 2.84 bits per heavy atom. The predicted octanol–water partition coefficient (Wildman–Crippen LogP) is 4.95. The van der Waals surface area contributed by atoms with Crippen LogP contribution in [0.4, 0.5) is 4.39 Å². The van der Waals surface area contributed by atoms with E-state index in [9.17, 15) is 14.0 Å². The molecule has 3 aromatic rings. The van der Waals surface area contributed by atoms with E-state index < -0.39 is 5.54 Å². The van der Waals surface area contributed by atoms with E-state index >= 15 is 0 Å². The maximum absolute atomic E-state index is 13.9. The van der Waals surface area contributed by atoms with Gasteiger partial charge in [0, 0.05) is 12.6 Å². The van der Waals surface area contributed by atoms with Gasteiger partial charge in [-0.1, -0.05) is 31.9 Å². The number of carbonyl (C=O) groups excluding carboxylic acids is 2. The highest BCUT2D eigenvalue weighted by atomic mass is 32.1. The van der Waals surface area contributed by atoms with Crippen LogP contribution in [0, 0.1) is 11.7 Å². The van der Waals surface area contributed by atoms with Crippen LogP contribution in [0.5, 0.6) is 0 Å². The highest BCUT2D eigenvalue weighted by Gasteiger charge is 2.48. The Bertz CT molecular complexity index is 1190. The van der Waals surface area contributed by atoms with Gasteiger partial charge in [-0.05, 0) is 60.9 Å². The Kier molecular flexibility index (Phi) is 5.32. The van der Waals surface area contributed by atoms with Crippen molar-refractivity contribution >= 4 is 33.4 Å². The number of nitrogens with one attached hydrogen (secondary N) is 1. The van der Waals surface area contributed by atoms with Crippen molar-refractivity contribution in [1.82, 2.24) is 14.8 Å². The fraction of sp³-hybridized carbons (Fsp3) is 0.440. The zero-order chi connectivity index (χ0) is 22.5. The summed E-state index contributed by atoms with van der Waals surface area (Å²) in [4.78, 5) is 29.1. The van der Waals surface area contributed by atoms with E-state index in [0.29, 0.717) is 23.7 Å². The number of rotatable bonds is 4. The highest BCUT2D eigenvalue weighted by molar-refractivity contribution is 7.17. The van der Waals surface area contributed by atoms with Crippen molar-refractivity contribution in [2.75, 3.05) is 0 Å². The first-order valence-corrected chi connectivity index (χ1v) is 12.2. The van der Waals surface area contributed by atoms with E-state index in [1.165, 1.54) is 18.6 Å². The molecule has 0 spiro atoms. The minimum absolute atomic E-state index is 0.117. The standard InChI is InChI=1S/C25H28FN3O2S/c1-16-6-3-4-9-19(16)27-24(31)25(2)15-28-20-10-11-32-22(20)13-21(28)23(30)29(25)14-17-7-5-8-18(26)12-17/h5,7-8,10-13,16,19H,3-4,6,9,14-15H2,1-2H3,(H,27,31)/t16-,19-,25+/m1/s1. The first-order chi connectivity index (χ1) is 15.4. The van der Waals surface area contributed by atoms with Crippen LogP contribution in [-0.4, -0.2) is 32.9 Å². The number of benzene rings is 1. The number of fused-ring (bicyclic) bond motifs is 3. The smallest absolute Gasteiger partial charge is 0.271 e. The van der Waals surface area contributed by atoms with Gasteiger partial charge in [-0.2, -0.15) is 0 Å². The molecule has 168 valence electrons. The lowest BCUT2D eigenvalue weighted by Crippen LogP contribution is -2.65. The van der Waals surface area contributed by atoms with Crippen molar-refractivity contribution < 1.29 is 14.0 Å². The van der Waals surface area contributed by atoms with E-state index in [1.54, 1.807) is 28.4 Å². The van der Waals surface area contributed by atoms with Gasteiger partial charge in [-0.3, -0.25) is 9.59 Å². The molecule has 0 radical (unpaired) electrons. The average molecular weight is 454 g/mol. The van der Waals surface area contributed by atoms with Crippen LogP contribution < -0.4 is 5.32 Å². The van der Waals surface area contributed by atoms with Crippen LogP contribution in [0.3, 0.4) is 0 Å². The lowest BCUT2D eigenvalue weighted by Gasteiger charge is -2.45. The second-order valence-corrected chi connectivity index (χ2v) is 10.4. The van der Waals surface area contributed by atoms with E-state index in [2.05, 4.69) is 12.2 Å². The summed E-state index contributed by atoms with van der Waals surface area (Å²) in [6, 6.07) is 10.3. The minimum Gasteiger partial charge on any atom is -0.351 e. The van der Waals surface area contributed by atoms with E-state index in [0.717, 1.165) is 29.5 Å². The quantitative estimate of drug-likeness (QED) is 0.608. The molecule has 1 saturated carbocycles. The summed E-state index contributed by atoms with van der Waals surface area (Å²) in [7, 11) is 0. The van der Waals surface area contributed by atoms with Gasteiger partial charge in [0.25, 0.3) is 5.91 Å². The van der Waals surface area contributed by atoms with Crippen LogP contribution in [0.2, 0.25) is 0 Å². The molecule has 7 heteroatoms. The summed E-state index contributed by atoms with van der Waals surface area (Å²) < 4.78 is 16.9. The number of amides is 2. The van der Waals surface area contributed by atoms with Crippen molar-refractivity contribution in [3.05, 3.63) is 58.9 Å².